The van der Waals surface area contributed by atoms with E-state index < -0.39 is 0 Å². The molecule has 0 aliphatic carbocycles. The molecular formula is C11H12INO2. The molecule has 1 N–H and O–H groups in total. The summed E-state index contributed by atoms with van der Waals surface area (Å²) in [5.74, 6) is -0.246. The number of amides is 1. The van der Waals surface area contributed by atoms with Gasteiger partial charge in [0.15, 0.2) is 0 Å². The Hall–Kier alpha value is -0.910. The van der Waals surface area contributed by atoms with Gasteiger partial charge in [0.1, 0.15) is 5.78 Å². The summed E-state index contributed by atoms with van der Waals surface area (Å²) in [4.78, 5) is 22.4. The van der Waals surface area contributed by atoms with E-state index >= 15 is 0 Å². The lowest BCUT2D eigenvalue weighted by Gasteiger charge is -2.06. The number of aryl methyl sites for hydroxylation is 1. The Kier molecular flexibility index (Phi) is 4.26. The van der Waals surface area contributed by atoms with Gasteiger partial charge in [-0.25, -0.2) is 0 Å². The van der Waals surface area contributed by atoms with Crippen molar-refractivity contribution in [1.29, 1.82) is 0 Å². The lowest BCUT2D eigenvalue weighted by molar-refractivity contribution is -0.116. The Balaban J connectivity index is 2.82. The first-order chi connectivity index (χ1) is 7.02. The Morgan fingerprint density at radius 3 is 2.67 bits per heavy atom. The molecule has 4 heteroatoms. The Morgan fingerprint density at radius 1 is 1.40 bits per heavy atom. The standard InChI is InChI=1S/C11H12INO2/c1-7-4-3-5-9(10(7)12)11(15)13-6-8(2)14/h3-5H,6H2,1-2H3,(H,13,15). The number of benzene rings is 1. The van der Waals surface area contributed by atoms with E-state index in [1.165, 1.54) is 6.92 Å². The minimum absolute atomic E-state index is 0.0500. The van der Waals surface area contributed by atoms with Crippen LogP contribution in [0.25, 0.3) is 0 Å². The van der Waals surface area contributed by atoms with E-state index in [2.05, 4.69) is 27.9 Å². The maximum atomic E-state index is 11.7. The number of ketones is 1. The second-order valence-corrected chi connectivity index (χ2v) is 4.40. The van der Waals surface area contributed by atoms with Gasteiger partial charge in [-0.05, 0) is 48.1 Å². The Labute approximate surface area is 102 Å². The summed E-state index contributed by atoms with van der Waals surface area (Å²) in [6.07, 6.45) is 0. The number of hydrogen-bond donors (Lipinski definition) is 1. The smallest absolute Gasteiger partial charge is 0.252 e. The first-order valence-electron chi connectivity index (χ1n) is 4.55. The van der Waals surface area contributed by atoms with Crippen LogP contribution in [0.4, 0.5) is 0 Å². The van der Waals surface area contributed by atoms with Gasteiger partial charge in [-0.2, -0.15) is 0 Å². The number of rotatable bonds is 3. The molecule has 0 saturated heterocycles. The summed E-state index contributed by atoms with van der Waals surface area (Å²) in [5.41, 5.74) is 1.68. The summed E-state index contributed by atoms with van der Waals surface area (Å²) < 4.78 is 0.927. The monoisotopic (exact) mass is 317 g/mol. The molecule has 1 amide bonds. The second-order valence-electron chi connectivity index (χ2n) is 3.32. The molecule has 1 aromatic carbocycles. The minimum Gasteiger partial charge on any atom is -0.345 e. The fraction of sp³-hybridized carbons (Fsp3) is 0.273. The van der Waals surface area contributed by atoms with Gasteiger partial charge in [-0.15, -0.1) is 0 Å². The first-order valence-corrected chi connectivity index (χ1v) is 5.63. The highest BCUT2D eigenvalue weighted by molar-refractivity contribution is 14.1. The van der Waals surface area contributed by atoms with E-state index in [9.17, 15) is 9.59 Å². The van der Waals surface area contributed by atoms with Crippen LogP contribution in [0.2, 0.25) is 0 Å². The third-order valence-corrected chi connectivity index (χ3v) is 3.37. The first kappa shape index (κ1) is 12.2. The van der Waals surface area contributed by atoms with Gasteiger partial charge in [-0.1, -0.05) is 12.1 Å². The van der Waals surface area contributed by atoms with Gasteiger partial charge in [0.05, 0.1) is 12.1 Å². The predicted octanol–water partition coefficient (Wildman–Crippen LogP) is 1.92. The molecule has 0 fully saturated rings. The second kappa shape index (κ2) is 5.25. The SMILES string of the molecule is CC(=O)CNC(=O)c1cccc(C)c1I. The van der Waals surface area contributed by atoms with Gasteiger partial charge in [0.25, 0.3) is 5.91 Å². The molecule has 1 rings (SSSR count). The van der Waals surface area contributed by atoms with Crippen molar-refractivity contribution in [2.24, 2.45) is 0 Å². The van der Waals surface area contributed by atoms with Crippen molar-refractivity contribution in [1.82, 2.24) is 5.32 Å². The molecular weight excluding hydrogens is 305 g/mol. The normalized spacial score (nSPS) is 9.80. The topological polar surface area (TPSA) is 46.2 Å². The van der Waals surface area contributed by atoms with Crippen molar-refractivity contribution in [3.8, 4) is 0 Å². The number of nitrogens with one attached hydrogen (secondary N) is 1. The van der Waals surface area contributed by atoms with Crippen LogP contribution in [-0.2, 0) is 4.79 Å². The molecule has 80 valence electrons. The van der Waals surface area contributed by atoms with E-state index in [0.717, 1.165) is 9.13 Å². The number of Topliss-reactive ketones (excluding diaryl/α,β-unsaturated/α-hetero) is 1. The van der Waals surface area contributed by atoms with E-state index in [1.54, 1.807) is 6.07 Å². The van der Waals surface area contributed by atoms with Crippen LogP contribution in [0.15, 0.2) is 18.2 Å². The molecule has 0 aliphatic rings. The maximum absolute atomic E-state index is 11.7. The van der Waals surface area contributed by atoms with E-state index in [0.29, 0.717) is 5.56 Å². The average Bonchev–Trinajstić information content (AvgIpc) is 2.18. The molecule has 15 heavy (non-hydrogen) atoms. The highest BCUT2D eigenvalue weighted by Gasteiger charge is 2.10. The van der Waals surface area contributed by atoms with Gasteiger partial charge < -0.3 is 5.32 Å². The zero-order valence-electron chi connectivity index (χ0n) is 8.63. The van der Waals surface area contributed by atoms with Crippen molar-refractivity contribution < 1.29 is 9.59 Å². The molecule has 0 bridgehead atoms. The fourth-order valence-corrected chi connectivity index (χ4v) is 1.73. The number of carbonyl (C=O) groups is 2. The minimum atomic E-state index is -0.196. The molecule has 0 atom stereocenters. The van der Waals surface area contributed by atoms with Gasteiger partial charge in [0, 0.05) is 3.57 Å². The van der Waals surface area contributed by atoms with Crippen molar-refractivity contribution in [2.75, 3.05) is 6.54 Å². The van der Waals surface area contributed by atoms with Gasteiger partial charge in [0.2, 0.25) is 0 Å². The third-order valence-electron chi connectivity index (χ3n) is 1.93. The molecule has 0 radical (unpaired) electrons. The van der Waals surface area contributed by atoms with Crippen molar-refractivity contribution in [3.05, 3.63) is 32.9 Å². The van der Waals surface area contributed by atoms with Crippen LogP contribution in [0.3, 0.4) is 0 Å². The molecule has 0 unspecified atom stereocenters. The number of carbonyl (C=O) groups excluding carboxylic acids is 2. The van der Waals surface area contributed by atoms with Gasteiger partial charge >= 0.3 is 0 Å². The third kappa shape index (κ3) is 3.30. The molecule has 3 nitrogen and oxygen atoms in total. The highest BCUT2D eigenvalue weighted by atomic mass is 127. The van der Waals surface area contributed by atoms with Crippen molar-refractivity contribution in [3.63, 3.8) is 0 Å². The zero-order valence-corrected chi connectivity index (χ0v) is 10.8. The molecule has 0 spiro atoms. The molecule has 0 aliphatic heterocycles. The van der Waals surface area contributed by atoms with Crippen LogP contribution in [0.1, 0.15) is 22.8 Å². The summed E-state index contributed by atoms with van der Waals surface area (Å²) in [5, 5.41) is 2.57. The number of hydrogen-bond acceptors (Lipinski definition) is 2. The Morgan fingerprint density at radius 2 is 2.07 bits per heavy atom. The van der Waals surface area contributed by atoms with Crippen LogP contribution >= 0.6 is 22.6 Å². The Bertz CT molecular complexity index is 402. The summed E-state index contributed by atoms with van der Waals surface area (Å²) in [7, 11) is 0. The summed E-state index contributed by atoms with van der Waals surface area (Å²) >= 11 is 2.13. The average molecular weight is 317 g/mol. The van der Waals surface area contributed by atoms with E-state index in [-0.39, 0.29) is 18.2 Å². The van der Waals surface area contributed by atoms with Crippen LogP contribution in [0.5, 0.6) is 0 Å². The zero-order chi connectivity index (χ0) is 11.4. The van der Waals surface area contributed by atoms with Crippen LogP contribution in [0, 0.1) is 10.5 Å². The van der Waals surface area contributed by atoms with Crippen LogP contribution < -0.4 is 5.32 Å². The molecule has 0 heterocycles. The molecule has 0 saturated carbocycles. The van der Waals surface area contributed by atoms with Crippen LogP contribution in [-0.4, -0.2) is 18.2 Å². The maximum Gasteiger partial charge on any atom is 0.252 e. The fourth-order valence-electron chi connectivity index (χ4n) is 1.12. The highest BCUT2D eigenvalue weighted by Crippen LogP contribution is 2.16. The predicted molar refractivity (Wildman–Crippen MR) is 66.9 cm³/mol. The molecule has 0 aromatic heterocycles. The largest absolute Gasteiger partial charge is 0.345 e. The van der Waals surface area contributed by atoms with E-state index in [4.69, 9.17) is 0 Å². The van der Waals surface area contributed by atoms with E-state index in [1.807, 2.05) is 19.1 Å². The molecule has 1 aromatic rings. The summed E-state index contributed by atoms with van der Waals surface area (Å²) in [6, 6.07) is 5.54. The lowest BCUT2D eigenvalue weighted by atomic mass is 10.1. The number of halogens is 1. The quantitative estimate of drug-likeness (QED) is 0.866. The van der Waals surface area contributed by atoms with Crippen molar-refractivity contribution >= 4 is 34.3 Å². The van der Waals surface area contributed by atoms with Gasteiger partial charge in [-0.3, -0.25) is 9.59 Å². The lowest BCUT2D eigenvalue weighted by Crippen LogP contribution is -2.28. The summed E-state index contributed by atoms with van der Waals surface area (Å²) in [6.45, 7) is 3.48. The van der Waals surface area contributed by atoms with Crippen molar-refractivity contribution in [2.45, 2.75) is 13.8 Å².